The number of carbonyl (C=O) groups is 3. The fraction of sp³-hybridized carbons (Fsp3) is 0.550. The number of fused-ring (bicyclic) bond motifs is 1. The first kappa shape index (κ1) is 19.2. The van der Waals surface area contributed by atoms with Crippen molar-refractivity contribution >= 4 is 23.4 Å². The summed E-state index contributed by atoms with van der Waals surface area (Å²) in [5, 5.41) is 2.82. The van der Waals surface area contributed by atoms with E-state index in [0.29, 0.717) is 57.1 Å². The lowest BCUT2D eigenvalue weighted by Crippen LogP contribution is -2.50. The number of unbranched alkanes of at least 4 members (excludes halogenated alkanes) is 1. The summed E-state index contributed by atoms with van der Waals surface area (Å²) >= 11 is 0. The Kier molecular flexibility index (Phi) is 6.32. The molecule has 2 aliphatic rings. The number of ether oxygens (including phenoxy) is 1. The first-order chi connectivity index (χ1) is 13.1. The van der Waals surface area contributed by atoms with Crippen LogP contribution in [0.3, 0.4) is 0 Å². The van der Waals surface area contributed by atoms with Crippen LogP contribution in [-0.2, 0) is 20.8 Å². The molecule has 0 saturated carbocycles. The Morgan fingerprint density at radius 2 is 1.81 bits per heavy atom. The molecular weight excluding hydrogens is 346 g/mol. The van der Waals surface area contributed by atoms with E-state index in [1.807, 2.05) is 15.9 Å². The molecule has 0 spiro atoms. The Morgan fingerprint density at radius 3 is 2.52 bits per heavy atom. The third-order valence-corrected chi connectivity index (χ3v) is 4.99. The van der Waals surface area contributed by atoms with Crippen molar-refractivity contribution < 1.29 is 19.1 Å². The first-order valence-electron chi connectivity index (χ1n) is 9.68. The van der Waals surface area contributed by atoms with Gasteiger partial charge in [0.05, 0.1) is 25.1 Å². The number of benzene rings is 1. The number of nitrogens with one attached hydrogen (secondary N) is 1. The molecule has 146 valence electrons. The highest BCUT2D eigenvalue weighted by atomic mass is 16.5. The zero-order valence-corrected chi connectivity index (χ0v) is 15.8. The van der Waals surface area contributed by atoms with E-state index in [1.54, 1.807) is 12.1 Å². The molecule has 1 aromatic carbocycles. The molecule has 2 heterocycles. The van der Waals surface area contributed by atoms with Crippen molar-refractivity contribution in [1.29, 1.82) is 0 Å². The largest absolute Gasteiger partial charge is 0.491 e. The third-order valence-electron chi connectivity index (χ3n) is 4.99. The standard InChI is InChI=1S/C20H27N3O4/c1-2-3-4-19(25)22-8-10-23(11-9-22)20(26)14-15-5-6-17-16(13-15)21-18(24)7-12-27-17/h5-6,13H,2-4,7-12,14H2,1H3,(H,21,24). The maximum Gasteiger partial charge on any atom is 0.227 e. The molecule has 3 amide bonds. The smallest absolute Gasteiger partial charge is 0.227 e. The van der Waals surface area contributed by atoms with Crippen LogP contribution in [0.1, 0.15) is 38.2 Å². The molecule has 3 rings (SSSR count). The lowest BCUT2D eigenvalue weighted by molar-refractivity contribution is -0.139. The van der Waals surface area contributed by atoms with Gasteiger partial charge in [-0.05, 0) is 24.1 Å². The van der Waals surface area contributed by atoms with Gasteiger partial charge >= 0.3 is 0 Å². The topological polar surface area (TPSA) is 79.0 Å². The van der Waals surface area contributed by atoms with Crippen LogP contribution in [0.25, 0.3) is 0 Å². The predicted octanol–water partition coefficient (Wildman–Crippen LogP) is 1.81. The average molecular weight is 373 g/mol. The van der Waals surface area contributed by atoms with E-state index in [0.717, 1.165) is 18.4 Å². The van der Waals surface area contributed by atoms with Crippen LogP contribution in [0.4, 0.5) is 5.69 Å². The van der Waals surface area contributed by atoms with Crippen LogP contribution in [0, 0.1) is 0 Å². The van der Waals surface area contributed by atoms with E-state index in [9.17, 15) is 14.4 Å². The third kappa shape index (κ3) is 4.99. The van der Waals surface area contributed by atoms with Gasteiger partial charge in [0.15, 0.2) is 0 Å². The van der Waals surface area contributed by atoms with E-state index in [2.05, 4.69) is 12.2 Å². The molecule has 0 aromatic heterocycles. The molecule has 1 fully saturated rings. The Labute approximate surface area is 159 Å². The summed E-state index contributed by atoms with van der Waals surface area (Å²) in [6, 6.07) is 5.47. The van der Waals surface area contributed by atoms with E-state index < -0.39 is 0 Å². The minimum absolute atomic E-state index is 0.0384. The van der Waals surface area contributed by atoms with Crippen molar-refractivity contribution in [3.05, 3.63) is 23.8 Å². The molecule has 7 nitrogen and oxygen atoms in total. The number of carbonyl (C=O) groups excluding carboxylic acids is 3. The Bertz CT molecular complexity index is 711. The van der Waals surface area contributed by atoms with Crippen molar-refractivity contribution in [2.45, 2.75) is 39.0 Å². The summed E-state index contributed by atoms with van der Waals surface area (Å²) in [4.78, 5) is 40.1. The van der Waals surface area contributed by atoms with Gasteiger partial charge in [-0.15, -0.1) is 0 Å². The molecule has 1 N–H and O–H groups in total. The van der Waals surface area contributed by atoms with Gasteiger partial charge < -0.3 is 19.9 Å². The van der Waals surface area contributed by atoms with Crippen molar-refractivity contribution in [3.8, 4) is 5.75 Å². The van der Waals surface area contributed by atoms with Crippen LogP contribution < -0.4 is 10.1 Å². The SMILES string of the molecule is CCCCC(=O)N1CCN(C(=O)Cc2ccc3c(c2)NC(=O)CCO3)CC1. The van der Waals surface area contributed by atoms with E-state index >= 15 is 0 Å². The highest BCUT2D eigenvalue weighted by Gasteiger charge is 2.24. The second-order valence-corrected chi connectivity index (χ2v) is 7.02. The summed E-state index contributed by atoms with van der Waals surface area (Å²) in [5.41, 5.74) is 1.46. The number of anilines is 1. The van der Waals surface area contributed by atoms with Gasteiger partial charge in [-0.1, -0.05) is 19.4 Å². The van der Waals surface area contributed by atoms with Gasteiger partial charge in [-0.25, -0.2) is 0 Å². The maximum atomic E-state index is 12.6. The molecule has 2 aliphatic heterocycles. The summed E-state index contributed by atoms with van der Waals surface area (Å²) in [7, 11) is 0. The Hall–Kier alpha value is -2.57. The van der Waals surface area contributed by atoms with E-state index in [-0.39, 0.29) is 24.1 Å². The van der Waals surface area contributed by atoms with Gasteiger partial charge in [0.1, 0.15) is 5.75 Å². The van der Waals surface area contributed by atoms with Crippen molar-refractivity contribution in [3.63, 3.8) is 0 Å². The minimum Gasteiger partial charge on any atom is -0.491 e. The summed E-state index contributed by atoms with van der Waals surface area (Å²) in [6.45, 7) is 4.77. The molecular formula is C20H27N3O4. The van der Waals surface area contributed by atoms with E-state index in [4.69, 9.17) is 4.74 Å². The summed E-state index contributed by atoms with van der Waals surface area (Å²) in [5.74, 6) is 0.777. The highest BCUT2D eigenvalue weighted by molar-refractivity contribution is 5.93. The van der Waals surface area contributed by atoms with Crippen molar-refractivity contribution in [2.24, 2.45) is 0 Å². The highest BCUT2D eigenvalue weighted by Crippen LogP contribution is 2.28. The normalized spacial score (nSPS) is 16.9. The zero-order chi connectivity index (χ0) is 19.2. The average Bonchev–Trinajstić information content (AvgIpc) is 2.86. The molecule has 0 unspecified atom stereocenters. The molecule has 0 atom stereocenters. The predicted molar refractivity (Wildman–Crippen MR) is 102 cm³/mol. The Morgan fingerprint density at radius 1 is 1.11 bits per heavy atom. The minimum atomic E-state index is -0.0823. The zero-order valence-electron chi connectivity index (χ0n) is 15.8. The molecule has 0 aliphatic carbocycles. The number of rotatable bonds is 5. The van der Waals surface area contributed by atoms with Crippen molar-refractivity contribution in [2.75, 3.05) is 38.1 Å². The first-order valence-corrected chi connectivity index (χ1v) is 9.68. The molecule has 0 radical (unpaired) electrons. The quantitative estimate of drug-likeness (QED) is 0.854. The van der Waals surface area contributed by atoms with E-state index in [1.165, 1.54) is 0 Å². The van der Waals surface area contributed by atoms with Crippen LogP contribution in [-0.4, -0.2) is 60.3 Å². The summed E-state index contributed by atoms with van der Waals surface area (Å²) < 4.78 is 5.54. The number of hydrogen-bond acceptors (Lipinski definition) is 4. The molecule has 0 bridgehead atoms. The number of amides is 3. The Balaban J connectivity index is 1.54. The van der Waals surface area contributed by atoms with Crippen molar-refractivity contribution in [1.82, 2.24) is 9.80 Å². The molecule has 27 heavy (non-hydrogen) atoms. The van der Waals surface area contributed by atoms with Gasteiger partial charge in [-0.3, -0.25) is 14.4 Å². The molecule has 1 aromatic rings. The number of nitrogens with zero attached hydrogens (tertiary/aromatic N) is 2. The monoisotopic (exact) mass is 373 g/mol. The second kappa shape index (κ2) is 8.88. The lowest BCUT2D eigenvalue weighted by Gasteiger charge is -2.35. The molecule has 1 saturated heterocycles. The van der Waals surface area contributed by atoms with Crippen LogP contribution in [0.2, 0.25) is 0 Å². The number of hydrogen-bond donors (Lipinski definition) is 1. The van der Waals surface area contributed by atoms with Crippen LogP contribution in [0.5, 0.6) is 5.75 Å². The van der Waals surface area contributed by atoms with Gasteiger partial charge in [0.2, 0.25) is 17.7 Å². The van der Waals surface area contributed by atoms with Gasteiger partial charge in [0.25, 0.3) is 0 Å². The van der Waals surface area contributed by atoms with Crippen LogP contribution >= 0.6 is 0 Å². The summed E-state index contributed by atoms with van der Waals surface area (Å²) in [6.07, 6.45) is 3.11. The fourth-order valence-corrected chi connectivity index (χ4v) is 3.35. The fourth-order valence-electron chi connectivity index (χ4n) is 3.35. The number of piperazine rings is 1. The lowest BCUT2D eigenvalue weighted by atomic mass is 10.1. The van der Waals surface area contributed by atoms with Crippen LogP contribution in [0.15, 0.2) is 18.2 Å². The maximum absolute atomic E-state index is 12.6. The van der Waals surface area contributed by atoms with Gasteiger partial charge in [-0.2, -0.15) is 0 Å². The van der Waals surface area contributed by atoms with Gasteiger partial charge in [0, 0.05) is 32.6 Å². The molecule has 7 heteroatoms. The second-order valence-electron chi connectivity index (χ2n) is 7.02.